The Morgan fingerprint density at radius 3 is 2.43 bits per heavy atom. The van der Waals surface area contributed by atoms with Crippen molar-refractivity contribution in [3.63, 3.8) is 0 Å². The topological polar surface area (TPSA) is 57.6 Å². The Morgan fingerprint density at radius 2 is 1.90 bits per heavy atom. The van der Waals surface area contributed by atoms with Gasteiger partial charge in [0.1, 0.15) is 0 Å². The zero-order valence-corrected chi connectivity index (χ0v) is 12.0. The lowest BCUT2D eigenvalue weighted by Gasteiger charge is -2.21. The summed E-state index contributed by atoms with van der Waals surface area (Å²) in [5.74, 6) is -0.781. The molecule has 4 nitrogen and oxygen atoms in total. The van der Waals surface area contributed by atoms with E-state index in [9.17, 15) is 21.6 Å². The van der Waals surface area contributed by atoms with E-state index >= 15 is 0 Å². The summed E-state index contributed by atoms with van der Waals surface area (Å²) < 4.78 is 63.8. The van der Waals surface area contributed by atoms with Crippen molar-refractivity contribution >= 4 is 10.0 Å². The molecule has 0 saturated carbocycles. The Labute approximate surface area is 121 Å². The predicted molar refractivity (Wildman–Crippen MR) is 72.9 cm³/mol. The van der Waals surface area contributed by atoms with E-state index < -0.39 is 34.1 Å². The molecule has 1 aromatic carbocycles. The van der Waals surface area contributed by atoms with Crippen LogP contribution in [-0.2, 0) is 22.0 Å². The first-order valence-electron chi connectivity index (χ1n) is 6.07. The van der Waals surface area contributed by atoms with Gasteiger partial charge in [0.25, 0.3) is 0 Å². The van der Waals surface area contributed by atoms with Crippen LogP contribution in [0.2, 0.25) is 0 Å². The van der Waals surface area contributed by atoms with Gasteiger partial charge in [0, 0.05) is 13.1 Å². The van der Waals surface area contributed by atoms with E-state index in [0.29, 0.717) is 0 Å². The lowest BCUT2D eigenvalue weighted by Crippen LogP contribution is -2.35. The molecule has 0 aliphatic carbocycles. The number of nitrogens with zero attached hydrogens (tertiary/aromatic N) is 1. The minimum Gasteiger partial charge on any atom is -0.395 e. The van der Waals surface area contributed by atoms with Gasteiger partial charge in [-0.25, -0.2) is 8.42 Å². The maximum atomic E-state index is 12.9. The summed E-state index contributed by atoms with van der Waals surface area (Å²) in [6, 6.07) is 4.53. The SMILES string of the molecule is C=CCN(CCO)S(=O)(=O)Cc1ccccc1C(F)(F)F. The molecule has 0 spiro atoms. The number of alkyl halides is 3. The minimum atomic E-state index is -4.62. The quantitative estimate of drug-likeness (QED) is 0.781. The van der Waals surface area contributed by atoms with Crippen LogP contribution in [0.25, 0.3) is 0 Å². The zero-order valence-electron chi connectivity index (χ0n) is 11.2. The molecule has 1 rings (SSSR count). The van der Waals surface area contributed by atoms with Gasteiger partial charge in [0.2, 0.25) is 10.0 Å². The fourth-order valence-corrected chi connectivity index (χ4v) is 3.33. The van der Waals surface area contributed by atoms with E-state index in [-0.39, 0.29) is 18.7 Å². The Morgan fingerprint density at radius 1 is 1.29 bits per heavy atom. The standard InChI is InChI=1S/C13H16F3NO3S/c1-2-7-17(8-9-18)21(19,20)10-11-5-3-4-6-12(11)13(14,15)16/h2-6,18H,1,7-10H2. The van der Waals surface area contributed by atoms with Gasteiger partial charge in [-0.3, -0.25) is 0 Å². The molecule has 0 radical (unpaired) electrons. The number of rotatable bonds is 7. The highest BCUT2D eigenvalue weighted by molar-refractivity contribution is 7.88. The van der Waals surface area contributed by atoms with Crippen LogP contribution in [0, 0.1) is 0 Å². The lowest BCUT2D eigenvalue weighted by atomic mass is 10.1. The van der Waals surface area contributed by atoms with Crippen molar-refractivity contribution in [3.8, 4) is 0 Å². The smallest absolute Gasteiger partial charge is 0.395 e. The predicted octanol–water partition coefficient (Wildman–Crippen LogP) is 2.02. The van der Waals surface area contributed by atoms with Crippen molar-refractivity contribution in [2.24, 2.45) is 0 Å². The molecular formula is C13H16F3NO3S. The van der Waals surface area contributed by atoms with Gasteiger partial charge < -0.3 is 5.11 Å². The lowest BCUT2D eigenvalue weighted by molar-refractivity contribution is -0.138. The third-order valence-corrected chi connectivity index (χ3v) is 4.53. The zero-order chi connectivity index (χ0) is 16.1. The molecule has 0 unspecified atom stereocenters. The molecule has 0 aromatic heterocycles. The molecule has 0 bridgehead atoms. The first-order chi connectivity index (χ1) is 9.72. The Hall–Kier alpha value is -1.38. The fraction of sp³-hybridized carbons (Fsp3) is 0.385. The van der Waals surface area contributed by atoms with Crippen molar-refractivity contribution in [1.82, 2.24) is 4.31 Å². The molecule has 0 amide bonds. The van der Waals surface area contributed by atoms with Crippen LogP contribution in [-0.4, -0.2) is 37.5 Å². The van der Waals surface area contributed by atoms with Crippen molar-refractivity contribution < 1.29 is 26.7 Å². The second kappa shape index (κ2) is 7.06. The number of aliphatic hydroxyl groups is 1. The molecule has 0 aliphatic heterocycles. The van der Waals surface area contributed by atoms with Gasteiger partial charge >= 0.3 is 6.18 Å². The maximum absolute atomic E-state index is 12.9. The molecule has 1 aromatic rings. The molecule has 0 fully saturated rings. The maximum Gasteiger partial charge on any atom is 0.416 e. The summed E-state index contributed by atoms with van der Waals surface area (Å²) >= 11 is 0. The second-order valence-electron chi connectivity index (χ2n) is 4.28. The van der Waals surface area contributed by atoms with Crippen molar-refractivity contribution in [2.75, 3.05) is 19.7 Å². The van der Waals surface area contributed by atoms with Gasteiger partial charge in [0.15, 0.2) is 0 Å². The third kappa shape index (κ3) is 4.83. The molecular weight excluding hydrogens is 307 g/mol. The minimum absolute atomic E-state index is 0.0723. The fourth-order valence-electron chi connectivity index (χ4n) is 1.81. The number of benzene rings is 1. The highest BCUT2D eigenvalue weighted by Gasteiger charge is 2.34. The van der Waals surface area contributed by atoms with Gasteiger partial charge in [-0.2, -0.15) is 17.5 Å². The molecule has 0 aliphatic rings. The van der Waals surface area contributed by atoms with E-state index in [2.05, 4.69) is 6.58 Å². The summed E-state index contributed by atoms with van der Waals surface area (Å²) in [7, 11) is -3.98. The average Bonchev–Trinajstić information content (AvgIpc) is 2.37. The van der Waals surface area contributed by atoms with Crippen LogP contribution in [0.15, 0.2) is 36.9 Å². The Bertz CT molecular complexity index is 585. The van der Waals surface area contributed by atoms with Crippen LogP contribution < -0.4 is 0 Å². The number of hydrogen-bond acceptors (Lipinski definition) is 3. The van der Waals surface area contributed by atoms with E-state index in [1.807, 2.05) is 0 Å². The summed E-state index contributed by atoms with van der Waals surface area (Å²) in [6.07, 6.45) is -3.31. The van der Waals surface area contributed by atoms with Crippen LogP contribution in [0.3, 0.4) is 0 Å². The number of hydrogen-bond donors (Lipinski definition) is 1. The largest absolute Gasteiger partial charge is 0.416 e. The molecule has 1 N–H and O–H groups in total. The molecule has 0 atom stereocenters. The highest BCUT2D eigenvalue weighted by atomic mass is 32.2. The molecule has 8 heteroatoms. The highest BCUT2D eigenvalue weighted by Crippen LogP contribution is 2.32. The van der Waals surface area contributed by atoms with Gasteiger partial charge in [0.05, 0.1) is 17.9 Å². The second-order valence-corrected chi connectivity index (χ2v) is 6.25. The van der Waals surface area contributed by atoms with E-state index in [1.165, 1.54) is 18.2 Å². The van der Waals surface area contributed by atoms with Gasteiger partial charge in [-0.15, -0.1) is 6.58 Å². The van der Waals surface area contributed by atoms with E-state index in [1.54, 1.807) is 0 Å². The van der Waals surface area contributed by atoms with Crippen LogP contribution >= 0.6 is 0 Å². The molecule has 21 heavy (non-hydrogen) atoms. The molecule has 0 saturated heterocycles. The number of sulfonamides is 1. The van der Waals surface area contributed by atoms with Crippen molar-refractivity contribution in [1.29, 1.82) is 0 Å². The van der Waals surface area contributed by atoms with E-state index in [0.717, 1.165) is 16.4 Å². The van der Waals surface area contributed by atoms with Gasteiger partial charge in [-0.05, 0) is 11.6 Å². The monoisotopic (exact) mass is 323 g/mol. The average molecular weight is 323 g/mol. The number of aliphatic hydroxyl groups excluding tert-OH is 1. The van der Waals surface area contributed by atoms with Crippen LogP contribution in [0.1, 0.15) is 11.1 Å². The first kappa shape index (κ1) is 17.7. The summed E-state index contributed by atoms with van der Waals surface area (Å²) in [4.78, 5) is 0. The summed E-state index contributed by atoms with van der Waals surface area (Å²) in [5, 5.41) is 8.86. The molecule has 118 valence electrons. The van der Waals surface area contributed by atoms with Crippen molar-refractivity contribution in [3.05, 3.63) is 48.0 Å². The summed E-state index contributed by atoms with van der Waals surface area (Å²) in [5.41, 5.74) is -1.30. The van der Waals surface area contributed by atoms with Crippen LogP contribution in [0.5, 0.6) is 0 Å². The number of halogens is 3. The van der Waals surface area contributed by atoms with Gasteiger partial charge in [-0.1, -0.05) is 24.3 Å². The van der Waals surface area contributed by atoms with E-state index in [4.69, 9.17) is 5.11 Å². The normalized spacial score (nSPS) is 12.6. The Balaban J connectivity index is 3.12. The van der Waals surface area contributed by atoms with Crippen LogP contribution in [0.4, 0.5) is 13.2 Å². The Kier molecular flexibility index (Phi) is 5.94. The first-order valence-corrected chi connectivity index (χ1v) is 7.68. The summed E-state index contributed by atoms with van der Waals surface area (Å²) in [6.45, 7) is 2.71. The molecule has 0 heterocycles. The van der Waals surface area contributed by atoms with Crippen molar-refractivity contribution in [2.45, 2.75) is 11.9 Å². The third-order valence-electron chi connectivity index (χ3n) is 2.74.